The zero-order valence-corrected chi connectivity index (χ0v) is 23.2. The van der Waals surface area contributed by atoms with Gasteiger partial charge in [-0.1, -0.05) is 42.5 Å². The monoisotopic (exact) mass is 561 g/mol. The van der Waals surface area contributed by atoms with Crippen LogP contribution >= 0.6 is 0 Å². The van der Waals surface area contributed by atoms with Crippen LogP contribution in [-0.4, -0.2) is 61.4 Å². The van der Waals surface area contributed by atoms with Gasteiger partial charge < -0.3 is 14.8 Å². The van der Waals surface area contributed by atoms with E-state index in [9.17, 15) is 21.6 Å². The van der Waals surface area contributed by atoms with E-state index in [1.165, 1.54) is 58.6 Å². The van der Waals surface area contributed by atoms with E-state index in [0.29, 0.717) is 11.3 Å². The topological polar surface area (TPSA) is 131 Å². The zero-order valence-electron chi connectivity index (χ0n) is 21.5. The highest BCUT2D eigenvalue weighted by Gasteiger charge is 2.27. The molecule has 0 aliphatic rings. The second kappa shape index (κ2) is 12.4. The second-order valence-electron chi connectivity index (χ2n) is 8.53. The molecule has 0 saturated carbocycles. The number of benzene rings is 3. The summed E-state index contributed by atoms with van der Waals surface area (Å²) in [4.78, 5) is 13.2. The number of hydrogen-bond donors (Lipinski definition) is 2. The van der Waals surface area contributed by atoms with E-state index in [-0.39, 0.29) is 28.5 Å². The molecule has 2 N–H and O–H groups in total. The molecule has 12 heteroatoms. The molecule has 38 heavy (non-hydrogen) atoms. The summed E-state index contributed by atoms with van der Waals surface area (Å²) in [5, 5.41) is 2.74. The van der Waals surface area contributed by atoms with Crippen molar-refractivity contribution in [2.24, 2.45) is 0 Å². The Morgan fingerprint density at radius 1 is 0.816 bits per heavy atom. The van der Waals surface area contributed by atoms with Crippen molar-refractivity contribution < 1.29 is 31.1 Å². The average Bonchev–Trinajstić information content (AvgIpc) is 2.91. The lowest BCUT2D eigenvalue weighted by Crippen LogP contribution is -2.47. The molecule has 3 rings (SSSR count). The van der Waals surface area contributed by atoms with Gasteiger partial charge in [0, 0.05) is 26.7 Å². The number of methoxy groups -OCH3 is 2. The van der Waals surface area contributed by atoms with Crippen molar-refractivity contribution in [3.63, 3.8) is 0 Å². The summed E-state index contributed by atoms with van der Waals surface area (Å²) in [6.07, 6.45) is 0.110. The number of sulfonamides is 2. The maximum atomic E-state index is 13.2. The standard InChI is InChI=1S/C26H31N3O7S2/c1-29(2)38(33,34)21-12-10-20(11-13-21)18-27-26(30)23(16-19-8-6-5-7-9-19)28-37(31,32)22-14-15-24(35-3)25(17-22)36-4/h5-15,17,23,28H,16,18H2,1-4H3,(H,27,30)/t23-/m0/s1. The van der Waals surface area contributed by atoms with Crippen molar-refractivity contribution in [2.75, 3.05) is 28.3 Å². The van der Waals surface area contributed by atoms with Crippen molar-refractivity contribution in [1.29, 1.82) is 0 Å². The third kappa shape index (κ3) is 7.10. The highest BCUT2D eigenvalue weighted by Crippen LogP contribution is 2.29. The largest absolute Gasteiger partial charge is 0.493 e. The summed E-state index contributed by atoms with van der Waals surface area (Å²) in [6.45, 7) is 0.0739. The molecular weight excluding hydrogens is 530 g/mol. The number of carbonyl (C=O) groups is 1. The molecule has 0 heterocycles. The van der Waals surface area contributed by atoms with E-state index < -0.39 is 32.0 Å². The van der Waals surface area contributed by atoms with Gasteiger partial charge in [-0.15, -0.1) is 0 Å². The molecule has 0 aliphatic carbocycles. The smallest absolute Gasteiger partial charge is 0.242 e. The summed E-state index contributed by atoms with van der Waals surface area (Å²) in [5.74, 6) is 0.0662. The quantitative estimate of drug-likeness (QED) is 0.347. The van der Waals surface area contributed by atoms with Crippen LogP contribution in [0, 0.1) is 0 Å². The summed E-state index contributed by atoms with van der Waals surface area (Å²) >= 11 is 0. The fraction of sp³-hybridized carbons (Fsp3) is 0.269. The SMILES string of the molecule is COc1ccc(S(=O)(=O)N[C@@H](Cc2ccccc2)C(=O)NCc2ccc(S(=O)(=O)N(C)C)cc2)cc1OC. The van der Waals surface area contributed by atoms with Crippen LogP contribution in [0.3, 0.4) is 0 Å². The molecule has 0 fully saturated rings. The molecule has 0 spiro atoms. The number of nitrogens with zero attached hydrogens (tertiary/aromatic N) is 1. The van der Waals surface area contributed by atoms with Crippen LogP contribution in [0.5, 0.6) is 11.5 Å². The van der Waals surface area contributed by atoms with Crippen LogP contribution in [0.1, 0.15) is 11.1 Å². The summed E-state index contributed by atoms with van der Waals surface area (Å²) in [7, 11) is -1.96. The van der Waals surface area contributed by atoms with Gasteiger partial charge in [0.05, 0.1) is 24.0 Å². The van der Waals surface area contributed by atoms with Crippen molar-refractivity contribution in [1.82, 2.24) is 14.3 Å². The summed E-state index contributed by atoms with van der Waals surface area (Å²) in [6, 6.07) is 18.2. The molecule has 0 saturated heterocycles. The van der Waals surface area contributed by atoms with E-state index >= 15 is 0 Å². The predicted molar refractivity (Wildman–Crippen MR) is 143 cm³/mol. The van der Waals surface area contributed by atoms with Gasteiger partial charge in [-0.2, -0.15) is 4.72 Å². The maximum absolute atomic E-state index is 13.2. The average molecular weight is 562 g/mol. The van der Waals surface area contributed by atoms with Gasteiger partial charge in [-0.25, -0.2) is 21.1 Å². The lowest BCUT2D eigenvalue weighted by atomic mass is 10.1. The molecule has 0 aliphatic heterocycles. The molecule has 204 valence electrons. The first-order chi connectivity index (χ1) is 18.0. The molecule has 0 aromatic heterocycles. The third-order valence-electron chi connectivity index (χ3n) is 5.73. The molecule has 10 nitrogen and oxygen atoms in total. The van der Waals surface area contributed by atoms with Crippen LogP contribution in [-0.2, 0) is 37.8 Å². The number of ether oxygens (including phenoxy) is 2. The number of rotatable bonds is 12. The van der Waals surface area contributed by atoms with E-state index in [0.717, 1.165) is 9.87 Å². The molecule has 0 unspecified atom stereocenters. The minimum absolute atomic E-state index is 0.0739. The Morgan fingerprint density at radius 3 is 2.00 bits per heavy atom. The molecule has 1 amide bonds. The fourth-order valence-corrected chi connectivity index (χ4v) is 5.69. The molecule has 0 radical (unpaired) electrons. The van der Waals surface area contributed by atoms with Crippen LogP contribution in [0.2, 0.25) is 0 Å². The van der Waals surface area contributed by atoms with Gasteiger partial charge in [0.25, 0.3) is 0 Å². The van der Waals surface area contributed by atoms with Crippen molar-refractivity contribution in [3.8, 4) is 11.5 Å². The normalized spacial score (nSPS) is 12.7. The van der Waals surface area contributed by atoms with Gasteiger partial charge in [0.2, 0.25) is 26.0 Å². The molecule has 3 aromatic rings. The fourth-order valence-electron chi connectivity index (χ4n) is 3.58. The van der Waals surface area contributed by atoms with E-state index in [1.54, 1.807) is 36.4 Å². The predicted octanol–water partition coefficient (Wildman–Crippen LogP) is 2.16. The first-order valence-electron chi connectivity index (χ1n) is 11.6. The molecule has 0 bridgehead atoms. The van der Waals surface area contributed by atoms with E-state index in [1.807, 2.05) is 6.07 Å². The van der Waals surface area contributed by atoms with Gasteiger partial charge in [-0.05, 0) is 41.8 Å². The Hall–Kier alpha value is -3.45. The minimum Gasteiger partial charge on any atom is -0.493 e. The second-order valence-corrected chi connectivity index (χ2v) is 12.4. The molecule has 3 aromatic carbocycles. The number of hydrogen-bond acceptors (Lipinski definition) is 7. The van der Waals surface area contributed by atoms with Crippen LogP contribution in [0.4, 0.5) is 0 Å². The Bertz CT molecular complexity index is 1460. The minimum atomic E-state index is -4.11. The highest BCUT2D eigenvalue weighted by molar-refractivity contribution is 7.89. The highest BCUT2D eigenvalue weighted by atomic mass is 32.2. The van der Waals surface area contributed by atoms with Crippen LogP contribution < -0.4 is 19.5 Å². The number of carbonyl (C=O) groups excluding carboxylic acids is 1. The Labute approximate surface area is 223 Å². The first kappa shape index (κ1) is 29.1. The van der Waals surface area contributed by atoms with Crippen LogP contribution in [0.15, 0.2) is 82.6 Å². The summed E-state index contributed by atoms with van der Waals surface area (Å²) < 4.78 is 65.0. The van der Waals surface area contributed by atoms with E-state index in [4.69, 9.17) is 9.47 Å². The van der Waals surface area contributed by atoms with Crippen LogP contribution in [0.25, 0.3) is 0 Å². The molecular formula is C26H31N3O7S2. The third-order valence-corrected chi connectivity index (χ3v) is 9.03. The number of nitrogens with one attached hydrogen (secondary N) is 2. The molecule has 1 atom stereocenters. The lowest BCUT2D eigenvalue weighted by Gasteiger charge is -2.19. The van der Waals surface area contributed by atoms with E-state index in [2.05, 4.69) is 10.0 Å². The first-order valence-corrected chi connectivity index (χ1v) is 14.5. The summed E-state index contributed by atoms with van der Waals surface area (Å²) in [5.41, 5.74) is 1.41. The van der Waals surface area contributed by atoms with Crippen molar-refractivity contribution in [3.05, 3.63) is 83.9 Å². The maximum Gasteiger partial charge on any atom is 0.242 e. The van der Waals surface area contributed by atoms with Crippen molar-refractivity contribution >= 4 is 26.0 Å². The van der Waals surface area contributed by atoms with Crippen molar-refractivity contribution in [2.45, 2.75) is 28.8 Å². The van der Waals surface area contributed by atoms with Gasteiger partial charge in [0.15, 0.2) is 11.5 Å². The zero-order chi connectivity index (χ0) is 27.9. The van der Waals surface area contributed by atoms with Gasteiger partial charge in [-0.3, -0.25) is 4.79 Å². The Balaban J connectivity index is 1.80. The van der Waals surface area contributed by atoms with Gasteiger partial charge in [0.1, 0.15) is 6.04 Å². The Morgan fingerprint density at radius 2 is 1.42 bits per heavy atom. The number of amides is 1. The Kier molecular flexibility index (Phi) is 9.50. The lowest BCUT2D eigenvalue weighted by molar-refractivity contribution is -0.122. The van der Waals surface area contributed by atoms with Gasteiger partial charge >= 0.3 is 0 Å².